The molecule has 220 valence electrons. The van der Waals surface area contributed by atoms with Gasteiger partial charge >= 0.3 is 0 Å². The molecular formula is C33H65NO3. The van der Waals surface area contributed by atoms with E-state index >= 15 is 0 Å². The summed E-state index contributed by atoms with van der Waals surface area (Å²) in [5.74, 6) is -0.0681. The van der Waals surface area contributed by atoms with Gasteiger partial charge in [-0.3, -0.25) is 4.79 Å². The Morgan fingerprint density at radius 1 is 0.622 bits per heavy atom. The number of amides is 1. The molecule has 0 bridgehead atoms. The Labute approximate surface area is 231 Å². The van der Waals surface area contributed by atoms with Crippen molar-refractivity contribution in [2.75, 3.05) is 6.61 Å². The highest BCUT2D eigenvalue weighted by molar-refractivity contribution is 5.76. The quantitative estimate of drug-likeness (QED) is 0.0676. The van der Waals surface area contributed by atoms with Gasteiger partial charge in [-0.25, -0.2) is 0 Å². The molecule has 0 heterocycles. The molecule has 4 heteroatoms. The second-order valence-corrected chi connectivity index (χ2v) is 11.2. The van der Waals surface area contributed by atoms with Gasteiger partial charge in [0.2, 0.25) is 5.91 Å². The van der Waals surface area contributed by atoms with Crippen molar-refractivity contribution in [3.05, 3.63) is 12.2 Å². The number of carbonyl (C=O) groups excluding carboxylic acids is 1. The van der Waals surface area contributed by atoms with Gasteiger partial charge in [0.15, 0.2) is 0 Å². The molecule has 37 heavy (non-hydrogen) atoms. The first-order valence-corrected chi connectivity index (χ1v) is 16.4. The van der Waals surface area contributed by atoms with Crippen LogP contribution in [0.4, 0.5) is 0 Å². The SMILES string of the molecule is CCCCCCCCCCCCCCCC/C=C/[C@@H](O)[C@H](CO)NC(=O)CCCCCCCCCCC. The average Bonchev–Trinajstić information content (AvgIpc) is 2.90. The van der Waals surface area contributed by atoms with Gasteiger partial charge in [0, 0.05) is 6.42 Å². The molecule has 0 aromatic heterocycles. The number of nitrogens with one attached hydrogen (secondary N) is 1. The third-order valence-corrected chi connectivity index (χ3v) is 7.52. The Kier molecular flexibility index (Phi) is 29.0. The van der Waals surface area contributed by atoms with Crippen LogP contribution in [0.3, 0.4) is 0 Å². The van der Waals surface area contributed by atoms with Gasteiger partial charge < -0.3 is 15.5 Å². The van der Waals surface area contributed by atoms with E-state index in [1.807, 2.05) is 6.08 Å². The topological polar surface area (TPSA) is 69.6 Å². The van der Waals surface area contributed by atoms with Crippen molar-refractivity contribution in [2.24, 2.45) is 0 Å². The minimum Gasteiger partial charge on any atom is -0.394 e. The van der Waals surface area contributed by atoms with Crippen LogP contribution < -0.4 is 5.32 Å². The van der Waals surface area contributed by atoms with Crippen LogP contribution in [0.15, 0.2) is 12.2 Å². The summed E-state index contributed by atoms with van der Waals surface area (Å²) in [5.41, 5.74) is 0. The normalized spacial score (nSPS) is 13.3. The first kappa shape index (κ1) is 36.1. The summed E-state index contributed by atoms with van der Waals surface area (Å²) >= 11 is 0. The lowest BCUT2D eigenvalue weighted by atomic mass is 10.0. The van der Waals surface area contributed by atoms with Gasteiger partial charge in [-0.15, -0.1) is 0 Å². The first-order chi connectivity index (χ1) is 18.2. The van der Waals surface area contributed by atoms with Crippen LogP contribution >= 0.6 is 0 Å². The van der Waals surface area contributed by atoms with Gasteiger partial charge in [0.05, 0.1) is 18.8 Å². The van der Waals surface area contributed by atoms with Crippen molar-refractivity contribution in [2.45, 2.75) is 187 Å². The zero-order valence-electron chi connectivity index (χ0n) is 25.0. The molecule has 0 aromatic rings. The molecule has 0 unspecified atom stereocenters. The number of rotatable bonds is 29. The van der Waals surface area contributed by atoms with Crippen molar-refractivity contribution >= 4 is 5.91 Å². The standard InChI is InChI=1S/C33H65NO3/c1-3-5-7-9-11-13-14-15-16-17-18-19-21-22-24-26-28-32(36)31(30-35)34-33(37)29-27-25-23-20-12-10-8-6-4-2/h26,28,31-32,35-36H,3-25,27,29-30H2,1-2H3,(H,34,37)/b28-26+/t31-,32+/m0/s1. The maximum atomic E-state index is 12.2. The Hall–Kier alpha value is -0.870. The zero-order chi connectivity index (χ0) is 27.2. The Morgan fingerprint density at radius 2 is 1.00 bits per heavy atom. The summed E-state index contributed by atoms with van der Waals surface area (Å²) in [6.07, 6.45) is 34.3. The minimum absolute atomic E-state index is 0.0681. The summed E-state index contributed by atoms with van der Waals surface area (Å²) in [5, 5.41) is 22.7. The van der Waals surface area contributed by atoms with Crippen molar-refractivity contribution < 1.29 is 15.0 Å². The van der Waals surface area contributed by atoms with Crippen molar-refractivity contribution in [3.63, 3.8) is 0 Å². The van der Waals surface area contributed by atoms with Crippen molar-refractivity contribution in [1.82, 2.24) is 5.32 Å². The van der Waals surface area contributed by atoms with Gasteiger partial charge in [-0.2, -0.15) is 0 Å². The van der Waals surface area contributed by atoms with Crippen LogP contribution in [0, 0.1) is 0 Å². The van der Waals surface area contributed by atoms with E-state index in [1.165, 1.54) is 128 Å². The molecule has 0 saturated heterocycles. The fourth-order valence-electron chi connectivity index (χ4n) is 4.94. The molecule has 0 aliphatic heterocycles. The van der Waals surface area contributed by atoms with Gasteiger partial charge in [0.1, 0.15) is 0 Å². The van der Waals surface area contributed by atoms with Crippen molar-refractivity contribution in [1.29, 1.82) is 0 Å². The Balaban J connectivity index is 3.62. The summed E-state index contributed by atoms with van der Waals surface area (Å²) in [4.78, 5) is 12.2. The predicted octanol–water partition coefficient (Wildman–Crippen LogP) is 9.17. The van der Waals surface area contributed by atoms with Crippen LogP contribution in [0.1, 0.15) is 174 Å². The number of hydrogen-bond acceptors (Lipinski definition) is 3. The number of aliphatic hydroxyl groups excluding tert-OH is 2. The molecule has 2 atom stereocenters. The summed E-state index contributed by atoms with van der Waals surface area (Å²) in [6, 6.07) is -0.612. The molecule has 0 radical (unpaired) electrons. The highest BCUT2D eigenvalue weighted by Gasteiger charge is 2.17. The lowest BCUT2D eigenvalue weighted by Gasteiger charge is -2.20. The van der Waals surface area contributed by atoms with E-state index in [4.69, 9.17) is 0 Å². The molecule has 0 spiro atoms. The van der Waals surface area contributed by atoms with Crippen LogP contribution in [-0.4, -0.2) is 34.9 Å². The molecule has 3 N–H and O–H groups in total. The zero-order valence-corrected chi connectivity index (χ0v) is 25.0. The highest BCUT2D eigenvalue weighted by atomic mass is 16.3. The second-order valence-electron chi connectivity index (χ2n) is 11.2. The summed E-state index contributed by atoms with van der Waals surface area (Å²) < 4.78 is 0. The first-order valence-electron chi connectivity index (χ1n) is 16.4. The van der Waals surface area contributed by atoms with Gasteiger partial charge in [0.25, 0.3) is 0 Å². The fraction of sp³-hybridized carbons (Fsp3) is 0.909. The largest absolute Gasteiger partial charge is 0.394 e. The molecule has 0 aromatic carbocycles. The Bertz CT molecular complexity index is 494. The summed E-state index contributed by atoms with van der Waals surface area (Å²) in [7, 11) is 0. The Morgan fingerprint density at radius 3 is 1.41 bits per heavy atom. The molecule has 0 rings (SSSR count). The molecule has 1 amide bonds. The maximum absolute atomic E-state index is 12.2. The monoisotopic (exact) mass is 523 g/mol. The maximum Gasteiger partial charge on any atom is 0.220 e. The molecule has 4 nitrogen and oxygen atoms in total. The smallest absolute Gasteiger partial charge is 0.220 e. The number of unbranched alkanes of at least 4 members (excludes halogenated alkanes) is 22. The van der Waals surface area contributed by atoms with Gasteiger partial charge in [-0.1, -0.05) is 161 Å². The van der Waals surface area contributed by atoms with Crippen molar-refractivity contribution in [3.8, 4) is 0 Å². The van der Waals surface area contributed by atoms with E-state index in [-0.39, 0.29) is 12.5 Å². The van der Waals surface area contributed by atoms with Crippen LogP contribution in [0.5, 0.6) is 0 Å². The van der Waals surface area contributed by atoms with Gasteiger partial charge in [-0.05, 0) is 19.3 Å². The molecule has 0 fully saturated rings. The number of carbonyl (C=O) groups is 1. The minimum atomic E-state index is -0.830. The van der Waals surface area contributed by atoms with Crippen LogP contribution in [-0.2, 0) is 4.79 Å². The van der Waals surface area contributed by atoms with Crippen LogP contribution in [0.25, 0.3) is 0 Å². The fourth-order valence-corrected chi connectivity index (χ4v) is 4.94. The third kappa shape index (κ3) is 26.5. The predicted molar refractivity (Wildman–Crippen MR) is 161 cm³/mol. The van der Waals surface area contributed by atoms with E-state index < -0.39 is 12.1 Å². The number of hydrogen-bond donors (Lipinski definition) is 3. The molecular weight excluding hydrogens is 458 g/mol. The molecule has 0 aliphatic carbocycles. The van der Waals surface area contributed by atoms with Crippen LogP contribution in [0.2, 0.25) is 0 Å². The van der Waals surface area contributed by atoms with E-state index in [1.54, 1.807) is 6.08 Å². The molecule has 0 aliphatic rings. The summed E-state index contributed by atoms with van der Waals surface area (Å²) in [6.45, 7) is 4.27. The van der Waals surface area contributed by atoms with E-state index in [2.05, 4.69) is 19.2 Å². The number of aliphatic hydroxyl groups is 2. The van der Waals surface area contributed by atoms with E-state index in [9.17, 15) is 15.0 Å². The second kappa shape index (κ2) is 29.7. The van der Waals surface area contributed by atoms with E-state index in [0.717, 1.165) is 25.7 Å². The highest BCUT2D eigenvalue weighted by Crippen LogP contribution is 2.14. The lowest BCUT2D eigenvalue weighted by Crippen LogP contribution is -2.45. The van der Waals surface area contributed by atoms with E-state index in [0.29, 0.717) is 6.42 Å². The third-order valence-electron chi connectivity index (χ3n) is 7.52. The average molecular weight is 524 g/mol. The molecule has 0 saturated carbocycles. The lowest BCUT2D eigenvalue weighted by molar-refractivity contribution is -0.123. The number of allylic oxidation sites excluding steroid dienone is 1.